The monoisotopic (exact) mass is 418 g/mol. The van der Waals surface area contributed by atoms with Gasteiger partial charge in [0.1, 0.15) is 0 Å². The van der Waals surface area contributed by atoms with Crippen molar-refractivity contribution in [3.05, 3.63) is 115 Å². The molecule has 0 aliphatic heterocycles. The quantitative estimate of drug-likeness (QED) is 0.281. The Morgan fingerprint density at radius 3 is 2.35 bits per heavy atom. The molecule has 0 aliphatic carbocycles. The van der Waals surface area contributed by atoms with Crippen molar-refractivity contribution in [1.29, 1.82) is 0 Å². The van der Waals surface area contributed by atoms with Crippen LogP contribution in [0.5, 0.6) is 0 Å². The number of fused-ring (bicyclic) bond motifs is 3. The van der Waals surface area contributed by atoms with E-state index in [9.17, 15) is 0 Å². The van der Waals surface area contributed by atoms with Crippen molar-refractivity contribution >= 4 is 31.5 Å². The van der Waals surface area contributed by atoms with Gasteiger partial charge in [0.05, 0.1) is 12.5 Å². The van der Waals surface area contributed by atoms with Gasteiger partial charge < -0.3 is 0 Å². The van der Waals surface area contributed by atoms with Gasteiger partial charge in [0, 0.05) is 31.9 Å². The van der Waals surface area contributed by atoms with Gasteiger partial charge in [0.15, 0.2) is 0 Å². The maximum absolute atomic E-state index is 8.35. The van der Waals surface area contributed by atoms with E-state index in [0.717, 1.165) is 21.2 Å². The Morgan fingerprint density at radius 1 is 0.645 bits per heavy atom. The predicted molar refractivity (Wildman–Crippen MR) is 133 cm³/mol. The third kappa shape index (κ3) is 3.22. The maximum Gasteiger partial charge on any atom is 0.0722 e. The second-order valence-electron chi connectivity index (χ2n) is 7.29. The molecule has 0 spiro atoms. The zero-order valence-corrected chi connectivity index (χ0v) is 17.3. The van der Waals surface area contributed by atoms with Gasteiger partial charge in [0.2, 0.25) is 0 Å². The Morgan fingerprint density at radius 2 is 1.48 bits per heavy atom. The first-order chi connectivity index (χ1) is 17.4. The molecule has 0 fully saturated rings. The number of pyridine rings is 1. The zero-order valence-electron chi connectivity index (χ0n) is 21.4. The Labute approximate surface area is 192 Å². The van der Waals surface area contributed by atoms with Crippen LogP contribution in [0.25, 0.3) is 53.7 Å². The molecule has 2 aromatic heterocycles. The van der Waals surface area contributed by atoms with Gasteiger partial charge in [-0.05, 0) is 40.5 Å². The molecule has 0 atom stereocenters. The highest BCUT2D eigenvalue weighted by molar-refractivity contribution is 7.26. The average Bonchev–Trinajstić information content (AvgIpc) is 3.29. The van der Waals surface area contributed by atoms with Crippen LogP contribution in [-0.2, 0) is 0 Å². The number of hydrogen-bond acceptors (Lipinski definition) is 2. The van der Waals surface area contributed by atoms with E-state index in [-0.39, 0.29) is 29.7 Å². The normalized spacial score (nSPS) is 13.5. The van der Waals surface area contributed by atoms with Crippen LogP contribution in [-0.4, -0.2) is 4.98 Å². The molecular weight excluding hydrogens is 394 g/mol. The summed E-state index contributed by atoms with van der Waals surface area (Å²) in [5, 5.41) is 2.32. The molecule has 1 nitrogen and oxygen atoms in total. The molecule has 0 saturated heterocycles. The molecule has 0 radical (unpaired) electrons. The molecule has 0 bridgehead atoms. The van der Waals surface area contributed by atoms with Crippen molar-refractivity contribution < 1.29 is 6.85 Å². The number of aromatic nitrogens is 1. The highest BCUT2D eigenvalue weighted by atomic mass is 32.1. The molecule has 0 saturated carbocycles. The third-order valence-electron chi connectivity index (χ3n) is 5.43. The Hall–Kier alpha value is -3.75. The van der Waals surface area contributed by atoms with Gasteiger partial charge >= 0.3 is 0 Å². The topological polar surface area (TPSA) is 12.9 Å². The van der Waals surface area contributed by atoms with Crippen LogP contribution in [0.15, 0.2) is 115 Å². The van der Waals surface area contributed by atoms with Crippen LogP contribution in [0.4, 0.5) is 0 Å². The lowest BCUT2D eigenvalue weighted by molar-refractivity contribution is 1.33. The molecule has 146 valence electrons. The molecule has 2 heterocycles. The first kappa shape index (κ1) is 13.5. The predicted octanol–water partition coefficient (Wildman–Crippen LogP) is 8.45. The van der Waals surface area contributed by atoms with E-state index >= 15 is 0 Å². The molecule has 0 aliphatic rings. The summed E-state index contributed by atoms with van der Waals surface area (Å²) in [5.41, 5.74) is 4.70. The highest BCUT2D eigenvalue weighted by Gasteiger charge is 2.12. The van der Waals surface area contributed by atoms with Crippen LogP contribution in [0.2, 0.25) is 0 Å². The summed E-state index contributed by atoms with van der Waals surface area (Å²) in [5.74, 6) is 0. The highest BCUT2D eigenvalue weighted by Crippen LogP contribution is 2.41. The molecule has 2 heteroatoms. The molecule has 6 aromatic rings. The Bertz CT molecular complexity index is 1760. The van der Waals surface area contributed by atoms with Crippen molar-refractivity contribution in [2.45, 2.75) is 0 Å². The van der Waals surface area contributed by atoms with Gasteiger partial charge in [-0.25, -0.2) is 0 Å². The molecule has 0 amide bonds. The largest absolute Gasteiger partial charge is 0.256 e. The van der Waals surface area contributed by atoms with E-state index in [0.29, 0.717) is 11.3 Å². The summed E-state index contributed by atoms with van der Waals surface area (Å²) in [7, 11) is 0. The fraction of sp³-hybridized carbons (Fsp3) is 0. The van der Waals surface area contributed by atoms with Crippen LogP contribution in [0.1, 0.15) is 6.85 Å². The number of rotatable bonds is 3. The molecular formula is C29H19NS. The van der Waals surface area contributed by atoms with E-state index in [1.807, 2.05) is 36.4 Å². The van der Waals surface area contributed by atoms with Crippen LogP contribution in [0.3, 0.4) is 0 Å². The lowest BCUT2D eigenvalue weighted by Gasteiger charge is -2.06. The summed E-state index contributed by atoms with van der Waals surface area (Å²) < 4.78 is 42.9. The Kier molecular flexibility index (Phi) is 3.27. The van der Waals surface area contributed by atoms with E-state index < -0.39 is 6.04 Å². The van der Waals surface area contributed by atoms with Crippen molar-refractivity contribution in [3.8, 4) is 33.5 Å². The molecule has 0 N–H and O–H groups in total. The molecule has 0 unspecified atom stereocenters. The maximum atomic E-state index is 8.35. The average molecular weight is 419 g/mol. The minimum Gasteiger partial charge on any atom is -0.256 e. The molecule has 31 heavy (non-hydrogen) atoms. The first-order valence-electron chi connectivity index (χ1n) is 12.5. The smallest absolute Gasteiger partial charge is 0.0722 e. The van der Waals surface area contributed by atoms with Gasteiger partial charge in [-0.3, -0.25) is 4.98 Å². The van der Waals surface area contributed by atoms with Gasteiger partial charge in [-0.1, -0.05) is 90.9 Å². The lowest BCUT2D eigenvalue weighted by atomic mass is 10.0. The van der Waals surface area contributed by atoms with Crippen molar-refractivity contribution in [2.24, 2.45) is 0 Å². The second-order valence-corrected chi connectivity index (χ2v) is 8.34. The summed E-state index contributed by atoms with van der Waals surface area (Å²) in [6, 6.07) is 24.9. The van der Waals surface area contributed by atoms with Crippen molar-refractivity contribution in [2.75, 3.05) is 0 Å². The van der Waals surface area contributed by atoms with Crippen molar-refractivity contribution in [3.63, 3.8) is 0 Å². The molecule has 6 rings (SSSR count). The standard InChI is InChI=1S/C29H19NS/c1-3-8-20(9-4-1)22-14-15-24-25-12-7-13-26(29(25)31-28(24)19-22)27-18-23(16-17-30-27)21-10-5-2-6-11-21/h1-19H/i2D,5D,6D,10D,11D. The van der Waals surface area contributed by atoms with Crippen LogP contribution >= 0.6 is 11.3 Å². The third-order valence-corrected chi connectivity index (χ3v) is 6.63. The summed E-state index contributed by atoms with van der Waals surface area (Å²) in [4.78, 5) is 4.60. The van der Waals surface area contributed by atoms with Crippen LogP contribution in [0, 0.1) is 0 Å². The fourth-order valence-corrected chi connectivity index (χ4v) is 5.20. The summed E-state index contributed by atoms with van der Waals surface area (Å²) >= 11 is 1.71. The zero-order chi connectivity index (χ0) is 25.0. The summed E-state index contributed by atoms with van der Waals surface area (Å²) in [6.45, 7) is 0. The van der Waals surface area contributed by atoms with Crippen LogP contribution < -0.4 is 0 Å². The van der Waals surface area contributed by atoms with Gasteiger partial charge in [-0.2, -0.15) is 0 Å². The second kappa shape index (κ2) is 7.50. The van der Waals surface area contributed by atoms with E-state index in [1.54, 1.807) is 23.6 Å². The Balaban J connectivity index is 1.52. The van der Waals surface area contributed by atoms with Gasteiger partial charge in [-0.15, -0.1) is 11.3 Å². The number of thiophene rings is 1. The van der Waals surface area contributed by atoms with Gasteiger partial charge in [0.25, 0.3) is 0 Å². The first-order valence-corrected chi connectivity index (χ1v) is 10.8. The SMILES string of the molecule is [2H]c1c([2H])c([2H])c(-c2ccnc(-c3cccc4c3sc3cc(-c5ccccc5)ccc34)c2)c([2H])c1[2H]. The fourth-order valence-electron chi connectivity index (χ4n) is 3.94. The van der Waals surface area contributed by atoms with E-state index in [1.165, 1.54) is 15.6 Å². The molecule has 4 aromatic carbocycles. The van der Waals surface area contributed by atoms with Crippen molar-refractivity contribution in [1.82, 2.24) is 4.98 Å². The minimum atomic E-state index is -0.395. The lowest BCUT2D eigenvalue weighted by Crippen LogP contribution is -1.85. The number of benzene rings is 4. The number of hydrogen-bond donors (Lipinski definition) is 0. The van der Waals surface area contributed by atoms with E-state index in [2.05, 4.69) is 41.4 Å². The summed E-state index contributed by atoms with van der Waals surface area (Å²) in [6.07, 6.45) is 1.63. The minimum absolute atomic E-state index is 0.181. The number of nitrogens with zero attached hydrogens (tertiary/aromatic N) is 1. The van der Waals surface area contributed by atoms with E-state index in [4.69, 9.17) is 6.85 Å².